The minimum Gasteiger partial charge on any atom is -0.338 e. The van der Waals surface area contributed by atoms with Crippen molar-refractivity contribution in [3.8, 4) is 0 Å². The van der Waals surface area contributed by atoms with Gasteiger partial charge in [-0.15, -0.1) is 0 Å². The average molecular weight is 409 g/mol. The van der Waals surface area contributed by atoms with E-state index in [4.69, 9.17) is 4.52 Å². The summed E-state index contributed by atoms with van der Waals surface area (Å²) in [6, 6.07) is 0.946. The smallest absolute Gasteiger partial charge is 0.321 e. The molecule has 0 aliphatic heterocycles. The number of nitrogens with one attached hydrogen (secondary N) is 2. The molecule has 0 unspecified atom stereocenters. The zero-order valence-electron chi connectivity index (χ0n) is 16.7. The molecule has 2 amide bonds. The highest BCUT2D eigenvalue weighted by Crippen LogP contribution is 2.24. The number of rotatable bonds is 8. The first kappa shape index (κ1) is 23.3. The Balaban J connectivity index is 2.59. The maximum absolute atomic E-state index is 12.9. The maximum atomic E-state index is 12.9. The number of anilines is 1. The Bertz CT molecular complexity index is 747. The van der Waals surface area contributed by atoms with E-state index in [9.17, 15) is 22.0 Å². The Morgan fingerprint density at radius 1 is 1.19 bits per heavy atom. The van der Waals surface area contributed by atoms with Crippen LogP contribution in [0, 0.1) is 0 Å². The Labute approximate surface area is 159 Å². The first-order valence-electron chi connectivity index (χ1n) is 8.66. The van der Waals surface area contributed by atoms with Crippen LogP contribution in [0.15, 0.2) is 10.6 Å². The standard InChI is InChI=1S/C17H29F2N3O4S/c1-15(2,3)12-10-13(26-22-12)21-14(23)20-11-16(4,5)27(24,25)9-7-8-17(6,18)19/h10H,7-9,11H2,1-6H3,(H2,20,21,23). The lowest BCUT2D eigenvalue weighted by molar-refractivity contribution is 0.0125. The quantitative estimate of drug-likeness (QED) is 0.681. The van der Waals surface area contributed by atoms with Crippen molar-refractivity contribution in [2.45, 2.75) is 70.5 Å². The number of hydrogen-bond donors (Lipinski definition) is 2. The second-order valence-electron chi connectivity index (χ2n) is 8.39. The van der Waals surface area contributed by atoms with E-state index in [2.05, 4.69) is 15.8 Å². The number of nitrogens with zero attached hydrogens (tertiary/aromatic N) is 1. The van der Waals surface area contributed by atoms with Crippen molar-refractivity contribution < 1.29 is 26.5 Å². The van der Waals surface area contributed by atoms with Gasteiger partial charge in [-0.3, -0.25) is 5.32 Å². The molecule has 1 heterocycles. The van der Waals surface area contributed by atoms with Crippen molar-refractivity contribution in [2.75, 3.05) is 17.6 Å². The van der Waals surface area contributed by atoms with E-state index >= 15 is 0 Å². The second kappa shape index (κ2) is 8.12. The molecule has 0 bridgehead atoms. The van der Waals surface area contributed by atoms with E-state index in [0.717, 1.165) is 6.92 Å². The number of amides is 2. The summed E-state index contributed by atoms with van der Waals surface area (Å²) in [5, 5.41) is 8.78. The van der Waals surface area contributed by atoms with Crippen LogP contribution in [-0.2, 0) is 15.3 Å². The fourth-order valence-corrected chi connectivity index (χ4v) is 3.46. The molecule has 1 aromatic rings. The SMILES string of the molecule is CC(F)(F)CCCS(=O)(=O)C(C)(C)CNC(=O)Nc1cc(C(C)(C)C)no1. The molecule has 1 aromatic heterocycles. The van der Waals surface area contributed by atoms with Gasteiger partial charge in [0.25, 0.3) is 0 Å². The highest BCUT2D eigenvalue weighted by molar-refractivity contribution is 7.92. The normalized spacial score (nSPS) is 13.5. The van der Waals surface area contributed by atoms with E-state index in [1.54, 1.807) is 6.07 Å². The summed E-state index contributed by atoms with van der Waals surface area (Å²) in [5.41, 5.74) is 0.416. The van der Waals surface area contributed by atoms with Crippen LogP contribution in [0.1, 0.15) is 60.1 Å². The van der Waals surface area contributed by atoms with Gasteiger partial charge in [0.2, 0.25) is 11.8 Å². The lowest BCUT2D eigenvalue weighted by atomic mass is 9.92. The van der Waals surface area contributed by atoms with Gasteiger partial charge in [-0.25, -0.2) is 22.0 Å². The molecule has 1 rings (SSSR count). The molecular formula is C17H29F2N3O4S. The Hall–Kier alpha value is -1.71. The van der Waals surface area contributed by atoms with Gasteiger partial charge in [0, 0.05) is 24.4 Å². The summed E-state index contributed by atoms with van der Waals surface area (Å²) in [7, 11) is -3.68. The molecular weight excluding hydrogens is 380 g/mol. The van der Waals surface area contributed by atoms with Gasteiger partial charge in [0.1, 0.15) is 0 Å². The van der Waals surface area contributed by atoms with Crippen molar-refractivity contribution in [3.63, 3.8) is 0 Å². The summed E-state index contributed by atoms with van der Waals surface area (Å²) in [6.45, 7) is 9.29. The monoisotopic (exact) mass is 409 g/mol. The van der Waals surface area contributed by atoms with Crippen LogP contribution < -0.4 is 10.6 Å². The fourth-order valence-electron chi connectivity index (χ4n) is 2.10. The molecule has 0 spiro atoms. The molecule has 156 valence electrons. The molecule has 0 saturated carbocycles. The molecule has 0 aromatic carbocycles. The Morgan fingerprint density at radius 3 is 2.26 bits per heavy atom. The van der Waals surface area contributed by atoms with Crippen LogP contribution in [0.25, 0.3) is 0 Å². The third kappa shape index (κ3) is 7.43. The molecule has 0 saturated heterocycles. The Morgan fingerprint density at radius 2 is 1.78 bits per heavy atom. The minimum absolute atomic E-state index is 0.142. The van der Waals surface area contributed by atoms with Gasteiger partial charge in [-0.05, 0) is 27.2 Å². The first-order chi connectivity index (χ1) is 12.0. The minimum atomic E-state index is -3.68. The van der Waals surface area contributed by atoms with E-state index < -0.39 is 33.0 Å². The fraction of sp³-hybridized carbons (Fsp3) is 0.765. The molecule has 0 fully saturated rings. The van der Waals surface area contributed by atoms with Crippen LogP contribution in [-0.4, -0.2) is 42.6 Å². The molecule has 0 aliphatic rings. The van der Waals surface area contributed by atoms with Crippen molar-refractivity contribution >= 4 is 21.8 Å². The highest BCUT2D eigenvalue weighted by Gasteiger charge is 2.35. The molecule has 0 aliphatic carbocycles. The van der Waals surface area contributed by atoms with Crippen molar-refractivity contribution in [1.82, 2.24) is 10.5 Å². The molecule has 2 N–H and O–H groups in total. The zero-order valence-corrected chi connectivity index (χ0v) is 17.5. The van der Waals surface area contributed by atoms with Crippen LogP contribution >= 0.6 is 0 Å². The molecule has 7 nitrogen and oxygen atoms in total. The molecule has 0 atom stereocenters. The van der Waals surface area contributed by atoms with Gasteiger partial charge in [0.05, 0.1) is 16.2 Å². The first-order valence-corrected chi connectivity index (χ1v) is 10.3. The largest absolute Gasteiger partial charge is 0.338 e. The molecule has 10 heteroatoms. The van der Waals surface area contributed by atoms with E-state index in [1.165, 1.54) is 13.8 Å². The van der Waals surface area contributed by atoms with Gasteiger partial charge in [-0.1, -0.05) is 25.9 Å². The number of carbonyl (C=O) groups is 1. The molecule has 0 radical (unpaired) electrons. The summed E-state index contributed by atoms with van der Waals surface area (Å²) in [5.74, 6) is -3.13. The summed E-state index contributed by atoms with van der Waals surface area (Å²) in [6.07, 6.45) is -0.646. The van der Waals surface area contributed by atoms with Crippen LogP contribution in [0.5, 0.6) is 0 Å². The predicted molar refractivity (Wildman–Crippen MR) is 99.9 cm³/mol. The van der Waals surface area contributed by atoms with Crippen molar-refractivity contribution in [1.29, 1.82) is 0 Å². The molecule has 27 heavy (non-hydrogen) atoms. The van der Waals surface area contributed by atoms with Crippen molar-refractivity contribution in [3.05, 3.63) is 11.8 Å². The summed E-state index contributed by atoms with van der Waals surface area (Å²) in [4.78, 5) is 12.0. The van der Waals surface area contributed by atoms with Crippen LogP contribution in [0.2, 0.25) is 0 Å². The zero-order chi connectivity index (χ0) is 21.1. The lowest BCUT2D eigenvalue weighted by Crippen LogP contribution is -2.46. The third-order valence-corrected chi connectivity index (χ3v) is 6.72. The topological polar surface area (TPSA) is 101 Å². The lowest BCUT2D eigenvalue weighted by Gasteiger charge is -2.25. The highest BCUT2D eigenvalue weighted by atomic mass is 32.2. The number of urea groups is 1. The van der Waals surface area contributed by atoms with E-state index in [-0.39, 0.29) is 30.0 Å². The van der Waals surface area contributed by atoms with Crippen LogP contribution in [0.3, 0.4) is 0 Å². The number of sulfone groups is 1. The van der Waals surface area contributed by atoms with Gasteiger partial charge in [0.15, 0.2) is 9.84 Å². The predicted octanol–water partition coefficient (Wildman–Crippen LogP) is 3.72. The van der Waals surface area contributed by atoms with Gasteiger partial charge < -0.3 is 9.84 Å². The maximum Gasteiger partial charge on any atom is 0.321 e. The third-order valence-electron chi connectivity index (χ3n) is 4.06. The van der Waals surface area contributed by atoms with Crippen LogP contribution in [0.4, 0.5) is 19.5 Å². The average Bonchev–Trinajstić information content (AvgIpc) is 2.92. The summed E-state index contributed by atoms with van der Waals surface area (Å²) >= 11 is 0. The number of hydrogen-bond acceptors (Lipinski definition) is 5. The summed E-state index contributed by atoms with van der Waals surface area (Å²) < 4.78 is 54.2. The van der Waals surface area contributed by atoms with E-state index in [0.29, 0.717) is 5.69 Å². The number of aromatic nitrogens is 1. The Kier molecular flexibility index (Phi) is 7.01. The van der Waals surface area contributed by atoms with Crippen molar-refractivity contribution in [2.24, 2.45) is 0 Å². The van der Waals surface area contributed by atoms with Gasteiger partial charge in [-0.2, -0.15) is 0 Å². The number of carbonyl (C=O) groups excluding carboxylic acids is 1. The number of alkyl halides is 2. The number of halogens is 2. The van der Waals surface area contributed by atoms with E-state index in [1.807, 2.05) is 20.8 Å². The van der Waals surface area contributed by atoms with Gasteiger partial charge >= 0.3 is 6.03 Å². The second-order valence-corrected chi connectivity index (χ2v) is 11.1.